The number of rotatable bonds is 5. The van der Waals surface area contributed by atoms with E-state index < -0.39 is 0 Å². The lowest BCUT2D eigenvalue weighted by Crippen LogP contribution is -2.22. The van der Waals surface area contributed by atoms with Crippen molar-refractivity contribution in [2.75, 3.05) is 0 Å². The zero-order chi connectivity index (χ0) is 17.5. The van der Waals surface area contributed by atoms with Gasteiger partial charge in [-0.1, -0.05) is 62.2 Å². The van der Waals surface area contributed by atoms with Crippen molar-refractivity contribution < 1.29 is 4.79 Å². The van der Waals surface area contributed by atoms with Gasteiger partial charge in [-0.25, -0.2) is 5.43 Å². The molecule has 130 valence electrons. The molecule has 3 rings (SSSR count). The molecule has 0 bridgehead atoms. The lowest BCUT2D eigenvalue weighted by atomic mass is 9.85. The van der Waals surface area contributed by atoms with Crippen molar-refractivity contribution in [2.24, 2.45) is 11.0 Å². The first kappa shape index (κ1) is 17.4. The van der Waals surface area contributed by atoms with Gasteiger partial charge in [-0.15, -0.1) is 0 Å². The highest BCUT2D eigenvalue weighted by Gasteiger charge is 2.17. The third-order valence-corrected chi connectivity index (χ3v) is 4.95. The van der Waals surface area contributed by atoms with Gasteiger partial charge in [-0.2, -0.15) is 5.10 Å². The van der Waals surface area contributed by atoms with Crippen molar-refractivity contribution in [3.8, 4) is 11.1 Å². The van der Waals surface area contributed by atoms with Crippen LogP contribution in [-0.2, 0) is 0 Å². The van der Waals surface area contributed by atoms with Gasteiger partial charge in [0, 0.05) is 11.3 Å². The molecule has 3 nitrogen and oxygen atoms in total. The van der Waals surface area contributed by atoms with Gasteiger partial charge in [0.2, 0.25) is 0 Å². The van der Waals surface area contributed by atoms with Crippen LogP contribution in [0.4, 0.5) is 0 Å². The molecular formula is C22H26N2O. The molecule has 2 aromatic rings. The Hall–Kier alpha value is -2.42. The van der Waals surface area contributed by atoms with E-state index in [4.69, 9.17) is 0 Å². The van der Waals surface area contributed by atoms with E-state index in [1.807, 2.05) is 42.5 Å². The fourth-order valence-corrected chi connectivity index (χ4v) is 3.46. The molecule has 0 spiro atoms. The van der Waals surface area contributed by atoms with Gasteiger partial charge in [0.15, 0.2) is 0 Å². The zero-order valence-corrected chi connectivity index (χ0v) is 14.9. The molecule has 1 N–H and O–H groups in total. The van der Waals surface area contributed by atoms with E-state index in [1.54, 1.807) is 0 Å². The Morgan fingerprint density at radius 1 is 1.00 bits per heavy atom. The van der Waals surface area contributed by atoms with Crippen LogP contribution in [-0.4, -0.2) is 11.6 Å². The number of hydrogen-bond donors (Lipinski definition) is 1. The number of carbonyl (C=O) groups is 1. The first-order chi connectivity index (χ1) is 12.3. The third-order valence-electron chi connectivity index (χ3n) is 4.95. The minimum atomic E-state index is -0.136. The molecule has 0 aliphatic heterocycles. The number of amides is 1. The predicted octanol–water partition coefficient (Wildman–Crippen LogP) is 5.43. The van der Waals surface area contributed by atoms with Crippen LogP contribution in [0, 0.1) is 5.92 Å². The summed E-state index contributed by atoms with van der Waals surface area (Å²) in [6.07, 6.45) is 7.00. The number of hydrogen-bond acceptors (Lipinski definition) is 2. The lowest BCUT2D eigenvalue weighted by molar-refractivity contribution is 0.0954. The van der Waals surface area contributed by atoms with Gasteiger partial charge >= 0.3 is 0 Å². The minimum absolute atomic E-state index is 0.136. The molecule has 1 amide bonds. The molecule has 1 fully saturated rings. The van der Waals surface area contributed by atoms with Crippen LogP contribution < -0.4 is 5.43 Å². The molecule has 0 aromatic heterocycles. The molecule has 1 aliphatic rings. The van der Waals surface area contributed by atoms with Crippen molar-refractivity contribution in [1.29, 1.82) is 0 Å². The fourth-order valence-electron chi connectivity index (χ4n) is 3.46. The van der Waals surface area contributed by atoms with E-state index in [0.717, 1.165) is 35.6 Å². The van der Waals surface area contributed by atoms with E-state index in [9.17, 15) is 4.79 Å². The number of nitrogens with one attached hydrogen (secondary N) is 1. The summed E-state index contributed by atoms with van der Waals surface area (Å²) in [6, 6.07) is 17.8. The van der Waals surface area contributed by atoms with Crippen LogP contribution in [0.2, 0.25) is 0 Å². The second kappa shape index (κ2) is 8.61. The van der Waals surface area contributed by atoms with Crippen molar-refractivity contribution >= 4 is 11.6 Å². The summed E-state index contributed by atoms with van der Waals surface area (Å²) < 4.78 is 0. The van der Waals surface area contributed by atoms with Crippen molar-refractivity contribution in [2.45, 2.75) is 45.4 Å². The summed E-state index contributed by atoms with van der Waals surface area (Å²) in [4.78, 5) is 12.3. The van der Waals surface area contributed by atoms with Gasteiger partial charge < -0.3 is 0 Å². The molecule has 1 aliphatic carbocycles. The largest absolute Gasteiger partial charge is 0.271 e. The molecule has 1 saturated carbocycles. The van der Waals surface area contributed by atoms with Gasteiger partial charge in [-0.3, -0.25) is 4.79 Å². The SMILES string of the molecule is CCCC1CCC(=NNC(=O)c2ccc(-c3ccccc3)cc2)CC1. The maximum Gasteiger partial charge on any atom is 0.271 e. The maximum atomic E-state index is 12.3. The highest BCUT2D eigenvalue weighted by atomic mass is 16.2. The van der Waals surface area contributed by atoms with E-state index in [1.165, 1.54) is 25.7 Å². The third kappa shape index (κ3) is 4.79. The highest BCUT2D eigenvalue weighted by Crippen LogP contribution is 2.26. The summed E-state index contributed by atoms with van der Waals surface area (Å²) in [5.41, 5.74) is 6.75. The molecule has 0 unspecified atom stereocenters. The normalized spacial score (nSPS) is 17.2. The minimum Gasteiger partial charge on any atom is -0.267 e. The Morgan fingerprint density at radius 2 is 1.64 bits per heavy atom. The Balaban J connectivity index is 1.56. The Morgan fingerprint density at radius 3 is 2.28 bits per heavy atom. The van der Waals surface area contributed by atoms with Crippen LogP contribution >= 0.6 is 0 Å². The smallest absolute Gasteiger partial charge is 0.267 e. The van der Waals surface area contributed by atoms with Crippen molar-refractivity contribution in [1.82, 2.24) is 5.43 Å². The van der Waals surface area contributed by atoms with Crippen LogP contribution in [0.5, 0.6) is 0 Å². The van der Waals surface area contributed by atoms with Gasteiger partial charge in [0.05, 0.1) is 0 Å². The molecule has 0 saturated heterocycles. The first-order valence-electron chi connectivity index (χ1n) is 9.27. The zero-order valence-electron chi connectivity index (χ0n) is 14.9. The quantitative estimate of drug-likeness (QED) is 0.728. The Labute approximate surface area is 150 Å². The van der Waals surface area contributed by atoms with Gasteiger partial charge in [-0.05, 0) is 54.9 Å². The fraction of sp³-hybridized carbons (Fsp3) is 0.364. The molecule has 0 atom stereocenters. The Kier molecular flexibility index (Phi) is 5.99. The number of benzene rings is 2. The summed E-state index contributed by atoms with van der Waals surface area (Å²) in [7, 11) is 0. The summed E-state index contributed by atoms with van der Waals surface area (Å²) in [5.74, 6) is 0.702. The number of hydrazone groups is 1. The van der Waals surface area contributed by atoms with E-state index >= 15 is 0 Å². The predicted molar refractivity (Wildman–Crippen MR) is 104 cm³/mol. The van der Waals surface area contributed by atoms with Gasteiger partial charge in [0.25, 0.3) is 5.91 Å². The molecule has 25 heavy (non-hydrogen) atoms. The number of carbonyl (C=O) groups excluding carboxylic acids is 1. The average Bonchev–Trinajstić information content (AvgIpc) is 2.68. The van der Waals surface area contributed by atoms with Crippen LogP contribution in [0.1, 0.15) is 55.8 Å². The second-order valence-corrected chi connectivity index (χ2v) is 6.79. The standard InChI is InChI=1S/C22H26N2O/c1-2-6-17-9-15-21(16-10-17)23-24-22(25)20-13-11-19(12-14-20)18-7-4-3-5-8-18/h3-5,7-8,11-14,17H,2,6,9-10,15-16H2,1H3,(H,24,25). The first-order valence-corrected chi connectivity index (χ1v) is 9.27. The molecular weight excluding hydrogens is 308 g/mol. The van der Waals surface area contributed by atoms with Crippen molar-refractivity contribution in [3.05, 3.63) is 60.2 Å². The second-order valence-electron chi connectivity index (χ2n) is 6.79. The topological polar surface area (TPSA) is 41.5 Å². The monoisotopic (exact) mass is 334 g/mol. The number of nitrogens with zero attached hydrogens (tertiary/aromatic N) is 1. The molecule has 3 heteroatoms. The maximum absolute atomic E-state index is 12.3. The summed E-state index contributed by atoms with van der Waals surface area (Å²) in [5, 5.41) is 4.35. The Bertz CT molecular complexity index is 709. The highest BCUT2D eigenvalue weighted by molar-refractivity contribution is 5.96. The van der Waals surface area contributed by atoms with Crippen LogP contribution in [0.3, 0.4) is 0 Å². The van der Waals surface area contributed by atoms with E-state index in [0.29, 0.717) is 5.56 Å². The van der Waals surface area contributed by atoms with Gasteiger partial charge in [0.1, 0.15) is 0 Å². The van der Waals surface area contributed by atoms with E-state index in [-0.39, 0.29) is 5.91 Å². The average molecular weight is 334 g/mol. The van der Waals surface area contributed by atoms with Crippen LogP contribution in [0.25, 0.3) is 11.1 Å². The molecule has 0 radical (unpaired) electrons. The molecule has 0 heterocycles. The van der Waals surface area contributed by atoms with Crippen molar-refractivity contribution in [3.63, 3.8) is 0 Å². The summed E-state index contributed by atoms with van der Waals surface area (Å²) in [6.45, 7) is 2.24. The summed E-state index contributed by atoms with van der Waals surface area (Å²) >= 11 is 0. The molecule has 2 aromatic carbocycles. The lowest BCUT2D eigenvalue weighted by Gasteiger charge is -2.22. The van der Waals surface area contributed by atoms with Crippen LogP contribution in [0.15, 0.2) is 59.7 Å². The van der Waals surface area contributed by atoms with E-state index in [2.05, 4.69) is 29.6 Å².